The Hall–Kier alpha value is -4.12. The van der Waals surface area contributed by atoms with E-state index >= 15 is 0 Å². The van der Waals surface area contributed by atoms with Crippen LogP contribution in [-0.2, 0) is 34.3 Å². The van der Waals surface area contributed by atoms with Crippen LogP contribution in [-0.4, -0.2) is 39.1 Å². The van der Waals surface area contributed by atoms with Gasteiger partial charge in [-0.25, -0.2) is 13.8 Å². The van der Waals surface area contributed by atoms with Gasteiger partial charge in [0.05, 0.1) is 38.3 Å². The zero-order valence-corrected chi connectivity index (χ0v) is 23.5. The topological polar surface area (TPSA) is 110 Å². The molecular formula is C29H28ClN3O6S. The SMILES string of the molecule is COc1ccc(CC(=O)N/N=C\c2ccc(CN(Cc3ccc(Cl)cc3)S(=O)(=O)c3ccccc3)o2)cc1OC. The maximum absolute atomic E-state index is 13.5. The summed E-state index contributed by atoms with van der Waals surface area (Å²) in [4.78, 5) is 12.5. The van der Waals surface area contributed by atoms with Crippen LogP contribution >= 0.6 is 11.6 Å². The lowest BCUT2D eigenvalue weighted by Crippen LogP contribution is -2.30. The van der Waals surface area contributed by atoms with Gasteiger partial charge in [-0.1, -0.05) is 48.0 Å². The largest absolute Gasteiger partial charge is 0.493 e. The second kappa shape index (κ2) is 13.3. The monoisotopic (exact) mass is 581 g/mol. The minimum absolute atomic E-state index is 0.0145. The Morgan fingerprint density at radius 3 is 2.33 bits per heavy atom. The van der Waals surface area contributed by atoms with Gasteiger partial charge in [0.1, 0.15) is 11.5 Å². The Labute approximate surface area is 238 Å². The first-order valence-electron chi connectivity index (χ1n) is 12.2. The molecule has 4 rings (SSSR count). The summed E-state index contributed by atoms with van der Waals surface area (Å²) >= 11 is 6.00. The number of hydrazone groups is 1. The molecule has 1 N–H and O–H groups in total. The summed E-state index contributed by atoms with van der Waals surface area (Å²) in [6.45, 7) is 0.101. The standard InChI is InChI=1S/C29H28ClN3O6S/c1-37-27-15-10-22(16-28(27)38-2)17-29(34)32-31-18-24-13-14-25(39-24)20-33(19-21-8-11-23(30)12-9-21)40(35,36)26-6-4-3-5-7-26/h3-16,18H,17,19-20H2,1-2H3,(H,32,34)/b31-18-. The van der Waals surface area contributed by atoms with E-state index in [1.165, 1.54) is 17.6 Å². The molecule has 3 aromatic carbocycles. The first-order valence-corrected chi connectivity index (χ1v) is 14.0. The Kier molecular flexibility index (Phi) is 9.60. The number of nitrogens with zero attached hydrogens (tertiary/aromatic N) is 2. The van der Waals surface area contributed by atoms with Crippen LogP contribution in [0.3, 0.4) is 0 Å². The summed E-state index contributed by atoms with van der Waals surface area (Å²) in [5.41, 5.74) is 3.96. The molecule has 0 aliphatic carbocycles. The van der Waals surface area contributed by atoms with Crippen LogP contribution in [0.25, 0.3) is 0 Å². The molecular weight excluding hydrogens is 554 g/mol. The summed E-state index contributed by atoms with van der Waals surface area (Å²) in [5, 5.41) is 4.52. The van der Waals surface area contributed by atoms with E-state index in [9.17, 15) is 13.2 Å². The molecule has 1 amide bonds. The van der Waals surface area contributed by atoms with E-state index in [2.05, 4.69) is 10.5 Å². The molecule has 0 aliphatic rings. The molecule has 0 unspecified atom stereocenters. The van der Waals surface area contributed by atoms with Crippen LogP contribution in [0.5, 0.6) is 11.5 Å². The van der Waals surface area contributed by atoms with E-state index in [0.717, 1.165) is 11.1 Å². The highest BCUT2D eigenvalue weighted by atomic mass is 35.5. The van der Waals surface area contributed by atoms with E-state index in [0.29, 0.717) is 28.0 Å². The molecule has 0 bridgehead atoms. The number of benzene rings is 3. The summed E-state index contributed by atoms with van der Waals surface area (Å²) in [5.74, 6) is 1.52. The van der Waals surface area contributed by atoms with Crippen LogP contribution < -0.4 is 14.9 Å². The number of nitrogens with one attached hydrogen (secondary N) is 1. The highest BCUT2D eigenvalue weighted by Gasteiger charge is 2.26. The van der Waals surface area contributed by atoms with Crippen molar-refractivity contribution >= 4 is 33.7 Å². The first kappa shape index (κ1) is 28.9. The number of ether oxygens (including phenoxy) is 2. The molecule has 1 heterocycles. The van der Waals surface area contributed by atoms with Gasteiger partial charge in [-0.15, -0.1) is 0 Å². The van der Waals surface area contributed by atoms with Crippen molar-refractivity contribution in [2.24, 2.45) is 5.10 Å². The van der Waals surface area contributed by atoms with Gasteiger partial charge in [0.2, 0.25) is 15.9 Å². The van der Waals surface area contributed by atoms with Gasteiger partial charge < -0.3 is 13.9 Å². The third-order valence-corrected chi connectivity index (χ3v) is 7.92. The fourth-order valence-electron chi connectivity index (χ4n) is 3.87. The number of rotatable bonds is 12. The van der Waals surface area contributed by atoms with Crippen LogP contribution in [0, 0.1) is 0 Å². The average molecular weight is 582 g/mol. The van der Waals surface area contributed by atoms with Crippen molar-refractivity contribution in [1.82, 2.24) is 9.73 Å². The first-order chi connectivity index (χ1) is 19.3. The molecule has 0 aliphatic heterocycles. The Morgan fingerprint density at radius 2 is 1.62 bits per heavy atom. The molecule has 1 aromatic heterocycles. The summed E-state index contributed by atoms with van der Waals surface area (Å²) < 4.78 is 44.5. The highest BCUT2D eigenvalue weighted by Crippen LogP contribution is 2.27. The van der Waals surface area contributed by atoms with E-state index < -0.39 is 10.0 Å². The van der Waals surface area contributed by atoms with Gasteiger partial charge in [0.25, 0.3) is 0 Å². The maximum Gasteiger partial charge on any atom is 0.244 e. The van der Waals surface area contributed by atoms with E-state index in [1.54, 1.807) is 92.0 Å². The molecule has 208 valence electrons. The molecule has 0 saturated carbocycles. The molecule has 4 aromatic rings. The van der Waals surface area contributed by atoms with Crippen LogP contribution in [0.2, 0.25) is 5.02 Å². The Balaban J connectivity index is 1.43. The van der Waals surface area contributed by atoms with Crippen molar-refractivity contribution in [3.8, 4) is 11.5 Å². The number of hydrogen-bond donors (Lipinski definition) is 1. The summed E-state index contributed by atoms with van der Waals surface area (Å²) in [6, 6.07) is 23.7. The van der Waals surface area contributed by atoms with E-state index in [4.69, 9.17) is 25.5 Å². The third kappa shape index (κ3) is 7.50. The van der Waals surface area contributed by atoms with Crippen molar-refractivity contribution in [3.05, 3.63) is 113 Å². The quantitative estimate of drug-likeness (QED) is 0.185. The number of methoxy groups -OCH3 is 2. The number of carbonyl (C=O) groups excluding carboxylic acids is 1. The second-order valence-electron chi connectivity index (χ2n) is 8.68. The van der Waals surface area contributed by atoms with Gasteiger partial charge >= 0.3 is 0 Å². The molecule has 0 atom stereocenters. The van der Waals surface area contributed by atoms with Crippen molar-refractivity contribution in [2.75, 3.05) is 14.2 Å². The van der Waals surface area contributed by atoms with Crippen molar-refractivity contribution in [3.63, 3.8) is 0 Å². The number of sulfonamides is 1. The van der Waals surface area contributed by atoms with Crippen molar-refractivity contribution in [2.45, 2.75) is 24.4 Å². The van der Waals surface area contributed by atoms with Crippen LogP contribution in [0.15, 0.2) is 99.3 Å². The fraction of sp³-hybridized carbons (Fsp3) is 0.172. The lowest BCUT2D eigenvalue weighted by Gasteiger charge is -2.21. The van der Waals surface area contributed by atoms with Crippen LogP contribution in [0.1, 0.15) is 22.6 Å². The Morgan fingerprint density at radius 1 is 0.925 bits per heavy atom. The van der Waals surface area contributed by atoms with Crippen LogP contribution in [0.4, 0.5) is 0 Å². The number of hydrogen-bond acceptors (Lipinski definition) is 7. The smallest absolute Gasteiger partial charge is 0.244 e. The zero-order chi connectivity index (χ0) is 28.5. The number of halogens is 1. The normalized spacial score (nSPS) is 11.6. The third-order valence-electron chi connectivity index (χ3n) is 5.86. The molecule has 0 saturated heterocycles. The fourth-order valence-corrected chi connectivity index (χ4v) is 5.41. The lowest BCUT2D eigenvalue weighted by atomic mass is 10.1. The van der Waals surface area contributed by atoms with E-state index in [-0.39, 0.29) is 30.3 Å². The molecule has 9 nitrogen and oxygen atoms in total. The van der Waals surface area contributed by atoms with Crippen molar-refractivity contribution < 1.29 is 27.1 Å². The minimum atomic E-state index is -3.83. The number of carbonyl (C=O) groups is 1. The van der Waals surface area contributed by atoms with Crippen molar-refractivity contribution in [1.29, 1.82) is 0 Å². The molecule has 11 heteroatoms. The van der Waals surface area contributed by atoms with Gasteiger partial charge in [-0.05, 0) is 59.7 Å². The molecule has 0 spiro atoms. The average Bonchev–Trinajstić information content (AvgIpc) is 3.41. The highest BCUT2D eigenvalue weighted by molar-refractivity contribution is 7.89. The predicted molar refractivity (Wildman–Crippen MR) is 152 cm³/mol. The molecule has 0 radical (unpaired) electrons. The zero-order valence-electron chi connectivity index (χ0n) is 21.9. The lowest BCUT2D eigenvalue weighted by molar-refractivity contribution is -0.120. The summed E-state index contributed by atoms with van der Waals surface area (Å²) in [7, 11) is -0.767. The predicted octanol–water partition coefficient (Wildman–Crippen LogP) is 5.03. The molecule has 40 heavy (non-hydrogen) atoms. The number of amides is 1. The van der Waals surface area contributed by atoms with Gasteiger partial charge in [-0.2, -0.15) is 9.41 Å². The minimum Gasteiger partial charge on any atom is -0.493 e. The van der Waals surface area contributed by atoms with Gasteiger partial charge in [-0.3, -0.25) is 4.79 Å². The Bertz CT molecular complexity index is 1570. The second-order valence-corrected chi connectivity index (χ2v) is 11.1. The van der Waals surface area contributed by atoms with E-state index in [1.807, 2.05) is 0 Å². The summed E-state index contributed by atoms with van der Waals surface area (Å²) in [6.07, 6.45) is 1.43. The van der Waals surface area contributed by atoms with Gasteiger partial charge in [0, 0.05) is 11.6 Å². The number of furan rings is 1. The molecule has 0 fully saturated rings. The maximum atomic E-state index is 13.5. The van der Waals surface area contributed by atoms with Gasteiger partial charge in [0.15, 0.2) is 11.5 Å².